The zero-order valence-corrected chi connectivity index (χ0v) is 14.4. The predicted molar refractivity (Wildman–Crippen MR) is 92.6 cm³/mol. The van der Waals surface area contributed by atoms with Gasteiger partial charge in [-0.1, -0.05) is 0 Å². The van der Waals surface area contributed by atoms with Crippen LogP contribution in [0.5, 0.6) is 0 Å². The summed E-state index contributed by atoms with van der Waals surface area (Å²) < 4.78 is 5.39. The molecule has 3 aliphatic heterocycles. The van der Waals surface area contributed by atoms with E-state index in [0.29, 0.717) is 13.2 Å². The average molecular weight is 333 g/mol. The van der Waals surface area contributed by atoms with Crippen LogP contribution < -0.4 is 9.80 Å². The van der Waals surface area contributed by atoms with E-state index < -0.39 is 0 Å². The van der Waals surface area contributed by atoms with Crippen LogP contribution in [0.3, 0.4) is 0 Å². The summed E-state index contributed by atoms with van der Waals surface area (Å²) in [6.07, 6.45) is 2.16. The number of hydrogen-bond donors (Lipinski definition) is 1. The van der Waals surface area contributed by atoms with Crippen molar-refractivity contribution >= 4 is 11.6 Å². The second kappa shape index (κ2) is 6.82. The highest BCUT2D eigenvalue weighted by Crippen LogP contribution is 2.24. The maximum absolute atomic E-state index is 10.0. The van der Waals surface area contributed by atoms with E-state index in [1.165, 1.54) is 12.8 Å². The van der Waals surface area contributed by atoms with Crippen molar-refractivity contribution in [1.82, 2.24) is 14.9 Å². The molecule has 0 aliphatic carbocycles. The van der Waals surface area contributed by atoms with Gasteiger partial charge in [-0.2, -0.15) is 0 Å². The van der Waals surface area contributed by atoms with Crippen molar-refractivity contribution in [2.75, 3.05) is 62.3 Å². The number of anilines is 2. The summed E-state index contributed by atoms with van der Waals surface area (Å²) in [6.45, 7) is 9.03. The molecule has 4 rings (SSSR count). The van der Waals surface area contributed by atoms with Gasteiger partial charge in [-0.25, -0.2) is 9.97 Å². The lowest BCUT2D eigenvalue weighted by Crippen LogP contribution is -2.53. The molecule has 0 aromatic carbocycles. The summed E-state index contributed by atoms with van der Waals surface area (Å²) in [5.41, 5.74) is 0. The molecular weight excluding hydrogens is 306 g/mol. The molecule has 3 aliphatic rings. The van der Waals surface area contributed by atoms with Crippen LogP contribution in [0.4, 0.5) is 11.6 Å². The Balaban J connectivity index is 1.43. The zero-order chi connectivity index (χ0) is 16.5. The van der Waals surface area contributed by atoms with Gasteiger partial charge in [0.25, 0.3) is 0 Å². The lowest BCUT2D eigenvalue weighted by molar-refractivity contribution is 0.0784. The van der Waals surface area contributed by atoms with Crippen LogP contribution in [0.15, 0.2) is 6.07 Å². The Morgan fingerprint density at radius 2 is 1.58 bits per heavy atom. The number of nitrogens with zero attached hydrogens (tertiary/aromatic N) is 5. The summed E-state index contributed by atoms with van der Waals surface area (Å²) in [7, 11) is 0. The topological polar surface area (TPSA) is 65.0 Å². The highest BCUT2D eigenvalue weighted by Gasteiger charge is 2.33. The Hall–Kier alpha value is -1.44. The van der Waals surface area contributed by atoms with Gasteiger partial charge in [0.05, 0.1) is 25.4 Å². The van der Waals surface area contributed by atoms with Gasteiger partial charge in [-0.15, -0.1) is 0 Å². The van der Waals surface area contributed by atoms with E-state index in [9.17, 15) is 5.11 Å². The van der Waals surface area contributed by atoms with E-state index in [0.717, 1.165) is 56.7 Å². The maximum Gasteiger partial charge on any atom is 0.134 e. The fourth-order valence-electron chi connectivity index (χ4n) is 3.97. The van der Waals surface area contributed by atoms with Crippen LogP contribution in [-0.4, -0.2) is 84.6 Å². The van der Waals surface area contributed by atoms with Crippen molar-refractivity contribution in [2.45, 2.75) is 31.9 Å². The molecule has 1 N–H and O–H groups in total. The van der Waals surface area contributed by atoms with Crippen molar-refractivity contribution in [3.63, 3.8) is 0 Å². The van der Waals surface area contributed by atoms with Crippen LogP contribution >= 0.6 is 0 Å². The standard InChI is InChI=1S/C17H27N5O2/c1-13-18-16(21-4-2-3-5-21)10-17(19-13)22-8-6-20(7-9-22)14-11-24-12-15(14)23/h10,14-15,23H,2-9,11-12H2,1H3. The first-order valence-electron chi connectivity index (χ1n) is 9.06. The number of aryl methyl sites for hydroxylation is 1. The van der Waals surface area contributed by atoms with E-state index in [1.807, 2.05) is 6.92 Å². The van der Waals surface area contributed by atoms with Crippen molar-refractivity contribution in [2.24, 2.45) is 0 Å². The van der Waals surface area contributed by atoms with Crippen LogP contribution in [0.1, 0.15) is 18.7 Å². The highest BCUT2D eigenvalue weighted by molar-refractivity contribution is 5.51. The molecule has 4 heterocycles. The molecule has 132 valence electrons. The summed E-state index contributed by atoms with van der Waals surface area (Å²) >= 11 is 0. The lowest BCUT2D eigenvalue weighted by atomic mass is 10.1. The molecule has 0 amide bonds. The van der Waals surface area contributed by atoms with Crippen molar-refractivity contribution in [3.05, 3.63) is 11.9 Å². The molecule has 24 heavy (non-hydrogen) atoms. The molecule has 2 atom stereocenters. The quantitative estimate of drug-likeness (QED) is 0.851. The minimum atomic E-state index is -0.348. The summed E-state index contributed by atoms with van der Waals surface area (Å²) in [4.78, 5) is 16.3. The SMILES string of the molecule is Cc1nc(N2CCCC2)cc(N2CCN(C3COCC3O)CC2)n1. The van der Waals surface area contributed by atoms with Crippen LogP contribution in [0.2, 0.25) is 0 Å². The van der Waals surface area contributed by atoms with Crippen LogP contribution in [0, 0.1) is 6.92 Å². The third-order valence-corrected chi connectivity index (χ3v) is 5.37. The third-order valence-electron chi connectivity index (χ3n) is 5.37. The third kappa shape index (κ3) is 3.20. The highest BCUT2D eigenvalue weighted by atomic mass is 16.5. The van der Waals surface area contributed by atoms with Crippen LogP contribution in [-0.2, 0) is 4.74 Å². The van der Waals surface area contributed by atoms with Gasteiger partial charge in [0, 0.05) is 45.3 Å². The average Bonchev–Trinajstić information content (AvgIpc) is 3.26. The van der Waals surface area contributed by atoms with Crippen LogP contribution in [0.25, 0.3) is 0 Å². The first-order valence-corrected chi connectivity index (χ1v) is 9.06. The molecule has 3 saturated heterocycles. The molecule has 1 aromatic heterocycles. The van der Waals surface area contributed by atoms with Gasteiger partial charge in [-0.05, 0) is 19.8 Å². The molecule has 0 bridgehead atoms. The van der Waals surface area contributed by atoms with E-state index in [2.05, 4.69) is 30.7 Å². The minimum absolute atomic E-state index is 0.152. The van der Waals surface area contributed by atoms with Gasteiger partial charge in [0.1, 0.15) is 17.5 Å². The molecule has 3 fully saturated rings. The van der Waals surface area contributed by atoms with Crippen molar-refractivity contribution in [1.29, 1.82) is 0 Å². The number of rotatable bonds is 3. The number of aliphatic hydroxyl groups excluding tert-OH is 1. The monoisotopic (exact) mass is 333 g/mol. The van der Waals surface area contributed by atoms with E-state index >= 15 is 0 Å². The zero-order valence-electron chi connectivity index (χ0n) is 14.4. The number of ether oxygens (including phenoxy) is 1. The molecule has 7 nitrogen and oxygen atoms in total. The fourth-order valence-corrected chi connectivity index (χ4v) is 3.97. The molecule has 7 heteroatoms. The Kier molecular flexibility index (Phi) is 4.56. The summed E-state index contributed by atoms with van der Waals surface area (Å²) in [5, 5.41) is 10.0. The molecule has 0 spiro atoms. The van der Waals surface area contributed by atoms with Gasteiger partial charge in [0.15, 0.2) is 0 Å². The van der Waals surface area contributed by atoms with E-state index in [-0.39, 0.29) is 12.1 Å². The Morgan fingerprint density at radius 3 is 2.17 bits per heavy atom. The first kappa shape index (κ1) is 16.1. The Labute approximate surface area is 143 Å². The normalized spacial score (nSPS) is 28.8. The summed E-state index contributed by atoms with van der Waals surface area (Å²) in [6, 6.07) is 2.29. The largest absolute Gasteiger partial charge is 0.389 e. The molecular formula is C17H27N5O2. The number of piperazine rings is 1. The second-order valence-corrected chi connectivity index (χ2v) is 7.02. The number of aromatic nitrogens is 2. The fraction of sp³-hybridized carbons (Fsp3) is 0.765. The molecule has 2 unspecified atom stereocenters. The second-order valence-electron chi connectivity index (χ2n) is 7.02. The van der Waals surface area contributed by atoms with Gasteiger partial charge < -0.3 is 19.6 Å². The van der Waals surface area contributed by atoms with E-state index in [4.69, 9.17) is 4.74 Å². The van der Waals surface area contributed by atoms with Gasteiger partial charge >= 0.3 is 0 Å². The van der Waals surface area contributed by atoms with Crippen molar-refractivity contribution in [3.8, 4) is 0 Å². The van der Waals surface area contributed by atoms with Gasteiger partial charge in [-0.3, -0.25) is 4.90 Å². The number of aliphatic hydroxyl groups is 1. The van der Waals surface area contributed by atoms with Crippen molar-refractivity contribution < 1.29 is 9.84 Å². The summed E-state index contributed by atoms with van der Waals surface area (Å²) in [5.74, 6) is 2.95. The maximum atomic E-state index is 10.0. The predicted octanol–water partition coefficient (Wildman–Crippen LogP) is 0.267. The van der Waals surface area contributed by atoms with E-state index in [1.54, 1.807) is 0 Å². The lowest BCUT2D eigenvalue weighted by Gasteiger charge is -2.39. The minimum Gasteiger partial charge on any atom is -0.389 e. The number of hydrogen-bond acceptors (Lipinski definition) is 7. The molecule has 0 saturated carbocycles. The molecule has 1 aromatic rings. The Bertz CT molecular complexity index is 570. The molecule has 0 radical (unpaired) electrons. The smallest absolute Gasteiger partial charge is 0.134 e. The van der Waals surface area contributed by atoms with Gasteiger partial charge in [0.2, 0.25) is 0 Å². The Morgan fingerprint density at radius 1 is 0.958 bits per heavy atom. The first-order chi connectivity index (χ1) is 11.7.